The Morgan fingerprint density at radius 1 is 1.44 bits per heavy atom. The molecule has 1 saturated heterocycles. The highest BCUT2D eigenvalue weighted by Gasteiger charge is 2.19. The Morgan fingerprint density at radius 2 is 2.19 bits per heavy atom. The van der Waals surface area contributed by atoms with Gasteiger partial charge < -0.3 is 5.32 Å². The van der Waals surface area contributed by atoms with Crippen LogP contribution in [0.3, 0.4) is 0 Å². The average Bonchev–Trinajstić information content (AvgIpc) is 2.82. The van der Waals surface area contributed by atoms with Gasteiger partial charge in [-0.15, -0.1) is 11.3 Å². The number of rotatable bonds is 4. The SMILES string of the molecule is O=S(=O)(NOC1CCNCC1)c1cccs1. The van der Waals surface area contributed by atoms with E-state index >= 15 is 0 Å². The van der Waals surface area contributed by atoms with Crippen molar-refractivity contribution in [1.82, 2.24) is 10.2 Å². The van der Waals surface area contributed by atoms with Crippen LogP contribution in [0.4, 0.5) is 0 Å². The summed E-state index contributed by atoms with van der Waals surface area (Å²) in [6, 6.07) is 3.25. The van der Waals surface area contributed by atoms with Gasteiger partial charge in [0.05, 0.1) is 6.10 Å². The van der Waals surface area contributed by atoms with Crippen molar-refractivity contribution in [2.24, 2.45) is 0 Å². The van der Waals surface area contributed by atoms with Gasteiger partial charge in [-0.05, 0) is 37.4 Å². The second-order valence-corrected chi connectivity index (χ2v) is 6.41. The maximum absolute atomic E-state index is 11.7. The van der Waals surface area contributed by atoms with Crippen molar-refractivity contribution in [3.63, 3.8) is 0 Å². The van der Waals surface area contributed by atoms with Gasteiger partial charge in [0, 0.05) is 0 Å². The summed E-state index contributed by atoms with van der Waals surface area (Å²) in [5, 5.41) is 4.91. The van der Waals surface area contributed by atoms with Crippen molar-refractivity contribution in [1.29, 1.82) is 0 Å². The van der Waals surface area contributed by atoms with E-state index in [4.69, 9.17) is 4.84 Å². The predicted octanol–water partition coefficient (Wildman–Crippen LogP) is 0.710. The molecular formula is C9H14N2O3S2. The molecule has 0 unspecified atom stereocenters. The molecule has 90 valence electrons. The number of sulfonamides is 1. The number of hydrogen-bond donors (Lipinski definition) is 2. The first-order chi connectivity index (χ1) is 7.68. The molecule has 5 nitrogen and oxygen atoms in total. The third-order valence-electron chi connectivity index (χ3n) is 2.37. The van der Waals surface area contributed by atoms with Crippen LogP contribution in [0.1, 0.15) is 12.8 Å². The minimum absolute atomic E-state index is 0.0315. The third-order valence-corrected chi connectivity index (χ3v) is 4.96. The van der Waals surface area contributed by atoms with E-state index in [0.717, 1.165) is 25.9 Å². The molecule has 2 N–H and O–H groups in total. The molecule has 0 saturated carbocycles. The van der Waals surface area contributed by atoms with Gasteiger partial charge in [0.15, 0.2) is 0 Å². The molecule has 0 atom stereocenters. The lowest BCUT2D eigenvalue weighted by Crippen LogP contribution is -2.37. The van der Waals surface area contributed by atoms with E-state index in [9.17, 15) is 8.42 Å². The van der Waals surface area contributed by atoms with Crippen LogP contribution in [0.15, 0.2) is 21.7 Å². The quantitative estimate of drug-likeness (QED) is 0.784. The second kappa shape index (κ2) is 5.24. The third kappa shape index (κ3) is 3.02. The summed E-state index contributed by atoms with van der Waals surface area (Å²) in [6.45, 7) is 1.73. The van der Waals surface area contributed by atoms with Gasteiger partial charge in [-0.25, -0.2) is 8.42 Å². The van der Waals surface area contributed by atoms with Crippen LogP contribution < -0.4 is 10.2 Å². The fourth-order valence-electron chi connectivity index (χ4n) is 1.50. The fraction of sp³-hybridized carbons (Fsp3) is 0.556. The monoisotopic (exact) mass is 262 g/mol. The molecular weight excluding hydrogens is 248 g/mol. The minimum atomic E-state index is -3.49. The largest absolute Gasteiger partial charge is 0.317 e. The smallest absolute Gasteiger partial charge is 0.271 e. The first-order valence-electron chi connectivity index (χ1n) is 5.10. The molecule has 2 rings (SSSR count). The van der Waals surface area contributed by atoms with Crippen molar-refractivity contribution in [3.05, 3.63) is 17.5 Å². The molecule has 0 aromatic carbocycles. The maximum atomic E-state index is 11.7. The van der Waals surface area contributed by atoms with Gasteiger partial charge in [0.25, 0.3) is 10.0 Å². The maximum Gasteiger partial charge on any atom is 0.271 e. The van der Waals surface area contributed by atoms with Crippen molar-refractivity contribution in [2.75, 3.05) is 13.1 Å². The summed E-state index contributed by atoms with van der Waals surface area (Å²) in [5.41, 5.74) is 0. The van der Waals surface area contributed by atoms with Crippen LogP contribution in [-0.4, -0.2) is 27.6 Å². The molecule has 0 spiro atoms. The Hall–Kier alpha value is -0.470. The van der Waals surface area contributed by atoms with Crippen LogP contribution in [0.2, 0.25) is 0 Å². The lowest BCUT2D eigenvalue weighted by atomic mass is 10.1. The lowest BCUT2D eigenvalue weighted by molar-refractivity contribution is 0.000238. The van der Waals surface area contributed by atoms with E-state index in [1.165, 1.54) is 11.3 Å². The van der Waals surface area contributed by atoms with Gasteiger partial charge in [-0.1, -0.05) is 11.0 Å². The highest BCUT2D eigenvalue weighted by atomic mass is 32.2. The zero-order chi connectivity index (χ0) is 11.4. The van der Waals surface area contributed by atoms with Crippen LogP contribution in [0.5, 0.6) is 0 Å². The van der Waals surface area contributed by atoms with Crippen molar-refractivity contribution in [3.8, 4) is 0 Å². The topological polar surface area (TPSA) is 67.4 Å². The van der Waals surface area contributed by atoms with Crippen molar-refractivity contribution < 1.29 is 13.3 Å². The van der Waals surface area contributed by atoms with Gasteiger partial charge in [0.1, 0.15) is 4.21 Å². The van der Waals surface area contributed by atoms with Gasteiger partial charge >= 0.3 is 0 Å². The zero-order valence-corrected chi connectivity index (χ0v) is 10.3. The van der Waals surface area contributed by atoms with E-state index in [0.29, 0.717) is 0 Å². The molecule has 0 amide bonds. The van der Waals surface area contributed by atoms with Crippen LogP contribution in [0, 0.1) is 0 Å². The van der Waals surface area contributed by atoms with E-state index in [1.54, 1.807) is 17.5 Å². The van der Waals surface area contributed by atoms with Gasteiger partial charge in [0.2, 0.25) is 0 Å². The summed E-state index contributed by atoms with van der Waals surface area (Å²) < 4.78 is 23.7. The number of thiophene rings is 1. The van der Waals surface area contributed by atoms with Gasteiger partial charge in [-0.3, -0.25) is 4.84 Å². The minimum Gasteiger partial charge on any atom is -0.317 e. The summed E-state index contributed by atoms with van der Waals surface area (Å²) in [7, 11) is -3.49. The van der Waals surface area contributed by atoms with E-state index in [2.05, 4.69) is 10.2 Å². The van der Waals surface area contributed by atoms with E-state index in [-0.39, 0.29) is 10.3 Å². The molecule has 1 aromatic rings. The summed E-state index contributed by atoms with van der Waals surface area (Å²) in [5.74, 6) is 0. The predicted molar refractivity (Wildman–Crippen MR) is 61.6 cm³/mol. The van der Waals surface area contributed by atoms with Crippen LogP contribution in [-0.2, 0) is 14.9 Å². The van der Waals surface area contributed by atoms with Crippen LogP contribution >= 0.6 is 11.3 Å². The van der Waals surface area contributed by atoms with E-state index < -0.39 is 10.0 Å². The first kappa shape index (κ1) is 12.0. The molecule has 1 fully saturated rings. The Labute approximate surface area is 98.8 Å². The molecule has 0 aliphatic carbocycles. The highest BCUT2D eigenvalue weighted by Crippen LogP contribution is 2.16. The number of piperidine rings is 1. The Kier molecular flexibility index (Phi) is 3.93. The highest BCUT2D eigenvalue weighted by molar-refractivity contribution is 7.91. The first-order valence-corrected chi connectivity index (χ1v) is 7.46. The standard InChI is InChI=1S/C9H14N2O3S2/c12-16(13,9-2-1-7-15-9)11-14-8-3-5-10-6-4-8/h1-2,7-8,10-11H,3-6H2. The lowest BCUT2D eigenvalue weighted by Gasteiger charge is -2.22. The Balaban J connectivity index is 1.89. The summed E-state index contributed by atoms with van der Waals surface area (Å²) >= 11 is 1.17. The molecule has 7 heteroatoms. The normalized spacial score (nSPS) is 18.8. The van der Waals surface area contributed by atoms with Gasteiger partial charge in [-0.2, -0.15) is 0 Å². The summed E-state index contributed by atoms with van der Waals surface area (Å²) in [6.07, 6.45) is 1.62. The number of hydrogen-bond acceptors (Lipinski definition) is 5. The van der Waals surface area contributed by atoms with Crippen LogP contribution in [0.25, 0.3) is 0 Å². The summed E-state index contributed by atoms with van der Waals surface area (Å²) in [4.78, 5) is 7.39. The van der Waals surface area contributed by atoms with E-state index in [1.807, 2.05) is 0 Å². The molecule has 1 aromatic heterocycles. The Bertz CT molecular complexity index is 410. The molecule has 1 aliphatic rings. The number of nitrogens with one attached hydrogen (secondary N) is 2. The second-order valence-electron chi connectivity index (χ2n) is 3.59. The molecule has 0 bridgehead atoms. The van der Waals surface area contributed by atoms with Crippen molar-refractivity contribution in [2.45, 2.75) is 23.2 Å². The zero-order valence-electron chi connectivity index (χ0n) is 8.68. The molecule has 16 heavy (non-hydrogen) atoms. The fourth-order valence-corrected chi connectivity index (χ4v) is 3.33. The Morgan fingerprint density at radius 3 is 2.81 bits per heavy atom. The van der Waals surface area contributed by atoms with Crippen molar-refractivity contribution >= 4 is 21.4 Å². The average molecular weight is 262 g/mol. The molecule has 1 aliphatic heterocycles. The molecule has 0 radical (unpaired) electrons. The molecule has 2 heterocycles.